The Hall–Kier alpha value is -0.890. The fraction of sp³-hybridized carbons (Fsp3) is 1.00. The Morgan fingerprint density at radius 1 is 0.808 bits per heavy atom. The van der Waals surface area contributed by atoms with Crippen LogP contribution in [-0.2, 0) is 23.7 Å². The molecule has 144 valence electrons. The van der Waals surface area contributed by atoms with Gasteiger partial charge in [-0.3, -0.25) is 0 Å². The Labute approximate surface area is 153 Å². The summed E-state index contributed by atoms with van der Waals surface area (Å²) < 4.78 is 31.0. The van der Waals surface area contributed by atoms with E-state index in [1.165, 1.54) is 12.8 Å². The zero-order chi connectivity index (χ0) is 17.6. The second-order valence-corrected chi connectivity index (χ2v) is 8.27. The number of azide groups is 1. The summed E-state index contributed by atoms with van der Waals surface area (Å²) in [5, 5.41) is 4.02. The average molecular weight is 365 g/mol. The van der Waals surface area contributed by atoms with Crippen LogP contribution in [0.2, 0.25) is 0 Å². The third-order valence-electron chi connectivity index (χ3n) is 6.57. The van der Waals surface area contributed by atoms with E-state index in [1.807, 2.05) is 0 Å². The summed E-state index contributed by atoms with van der Waals surface area (Å²) in [5.74, 6) is -1.03. The average Bonchev–Trinajstić information content (AvgIpc) is 3.30. The van der Waals surface area contributed by atoms with E-state index in [1.54, 1.807) is 0 Å². The molecule has 5 fully saturated rings. The quantitative estimate of drug-likeness (QED) is 0.424. The highest BCUT2D eigenvalue weighted by atomic mass is 16.8. The summed E-state index contributed by atoms with van der Waals surface area (Å²) in [4.78, 5) is 3.05. The molecule has 0 bridgehead atoms. The molecule has 3 aliphatic heterocycles. The maximum absolute atomic E-state index is 9.09. The smallest absolute Gasteiger partial charge is 0.188 e. The summed E-state index contributed by atoms with van der Waals surface area (Å²) in [6, 6.07) is -0.446. The van der Waals surface area contributed by atoms with E-state index in [2.05, 4.69) is 10.0 Å². The first-order valence-electron chi connectivity index (χ1n) is 10.1. The zero-order valence-electron chi connectivity index (χ0n) is 15.0. The second kappa shape index (κ2) is 6.62. The van der Waals surface area contributed by atoms with E-state index in [-0.39, 0.29) is 18.3 Å². The monoisotopic (exact) mass is 365 g/mol. The Morgan fingerprint density at radius 3 is 2.19 bits per heavy atom. The van der Waals surface area contributed by atoms with Gasteiger partial charge in [-0.1, -0.05) is 18.0 Å². The van der Waals surface area contributed by atoms with Crippen LogP contribution in [0, 0.1) is 0 Å². The van der Waals surface area contributed by atoms with Crippen molar-refractivity contribution in [1.82, 2.24) is 0 Å². The second-order valence-electron chi connectivity index (χ2n) is 8.27. The summed E-state index contributed by atoms with van der Waals surface area (Å²) in [7, 11) is 0. The van der Waals surface area contributed by atoms with Gasteiger partial charge in [0.25, 0.3) is 0 Å². The molecular weight excluding hydrogens is 338 g/mol. The van der Waals surface area contributed by atoms with Gasteiger partial charge in [0, 0.05) is 30.6 Å². The predicted octanol–water partition coefficient (Wildman–Crippen LogP) is 3.54. The molecule has 0 N–H and O–H groups in total. The van der Waals surface area contributed by atoms with Gasteiger partial charge in [0.05, 0.1) is 12.6 Å². The molecule has 3 heterocycles. The van der Waals surface area contributed by atoms with E-state index in [0.29, 0.717) is 6.61 Å². The highest BCUT2D eigenvalue weighted by Gasteiger charge is 2.60. The molecule has 5 rings (SSSR count). The Kier molecular flexibility index (Phi) is 4.38. The number of hydrogen-bond acceptors (Lipinski definition) is 6. The Morgan fingerprint density at radius 2 is 1.50 bits per heavy atom. The van der Waals surface area contributed by atoms with Crippen molar-refractivity contribution >= 4 is 0 Å². The van der Waals surface area contributed by atoms with Crippen molar-refractivity contribution in [3.8, 4) is 0 Å². The van der Waals surface area contributed by atoms with Crippen molar-refractivity contribution in [1.29, 1.82) is 0 Å². The summed E-state index contributed by atoms with van der Waals surface area (Å²) >= 11 is 0. The van der Waals surface area contributed by atoms with Crippen LogP contribution in [0.15, 0.2) is 5.11 Å². The lowest BCUT2D eigenvalue weighted by Crippen LogP contribution is -2.43. The summed E-state index contributed by atoms with van der Waals surface area (Å²) in [5.41, 5.74) is 9.09. The van der Waals surface area contributed by atoms with Gasteiger partial charge in [-0.2, -0.15) is 0 Å². The zero-order valence-corrected chi connectivity index (χ0v) is 15.0. The van der Waals surface area contributed by atoms with Crippen molar-refractivity contribution in [2.45, 2.75) is 106 Å². The van der Waals surface area contributed by atoms with Crippen LogP contribution in [0.3, 0.4) is 0 Å². The molecule has 0 unspecified atom stereocenters. The molecule has 0 aromatic heterocycles. The predicted molar refractivity (Wildman–Crippen MR) is 90.0 cm³/mol. The van der Waals surface area contributed by atoms with Gasteiger partial charge in [0.1, 0.15) is 18.3 Å². The molecule has 0 aromatic rings. The molecule has 0 aromatic carbocycles. The van der Waals surface area contributed by atoms with Gasteiger partial charge in [-0.25, -0.2) is 0 Å². The van der Waals surface area contributed by atoms with E-state index in [4.69, 9.17) is 29.2 Å². The SMILES string of the molecule is [N-]=[N+]=N[C@H]1[C@H]2OC3(CCCCC3)O[C@H]2O[C@@H]1[C@H]1COC2(CCCCC2)O1. The van der Waals surface area contributed by atoms with E-state index >= 15 is 0 Å². The maximum atomic E-state index is 9.09. The molecular formula is C18H27N3O5. The van der Waals surface area contributed by atoms with E-state index in [0.717, 1.165) is 51.4 Å². The minimum absolute atomic E-state index is 0.247. The van der Waals surface area contributed by atoms with Crippen molar-refractivity contribution in [2.75, 3.05) is 6.61 Å². The summed E-state index contributed by atoms with van der Waals surface area (Å²) in [6.07, 6.45) is 9.00. The first kappa shape index (κ1) is 17.2. The maximum Gasteiger partial charge on any atom is 0.188 e. The molecule has 5 aliphatic rings. The lowest BCUT2D eigenvalue weighted by atomic mass is 9.94. The van der Waals surface area contributed by atoms with Gasteiger partial charge in [0.2, 0.25) is 0 Å². The summed E-state index contributed by atoms with van der Waals surface area (Å²) in [6.45, 7) is 0.465. The first-order chi connectivity index (χ1) is 12.7. The molecule has 2 aliphatic carbocycles. The van der Waals surface area contributed by atoms with Crippen LogP contribution in [0.25, 0.3) is 10.4 Å². The third kappa shape index (κ3) is 2.84. The van der Waals surface area contributed by atoms with Gasteiger partial charge >= 0.3 is 0 Å². The van der Waals surface area contributed by atoms with Gasteiger partial charge < -0.3 is 23.7 Å². The normalized spacial score (nSPS) is 43.5. The number of hydrogen-bond donors (Lipinski definition) is 0. The number of nitrogens with zero attached hydrogens (tertiary/aromatic N) is 3. The van der Waals surface area contributed by atoms with Crippen LogP contribution in [-0.4, -0.2) is 48.8 Å². The molecule has 26 heavy (non-hydrogen) atoms. The van der Waals surface area contributed by atoms with Crippen molar-refractivity contribution in [3.63, 3.8) is 0 Å². The fourth-order valence-electron chi connectivity index (χ4n) is 5.29. The lowest BCUT2D eigenvalue weighted by Gasteiger charge is -2.35. The largest absolute Gasteiger partial charge is 0.347 e. The molecule has 0 amide bonds. The lowest BCUT2D eigenvalue weighted by molar-refractivity contribution is -0.251. The van der Waals surface area contributed by atoms with Crippen molar-refractivity contribution < 1.29 is 23.7 Å². The van der Waals surface area contributed by atoms with Gasteiger partial charge in [0.15, 0.2) is 17.9 Å². The number of fused-ring (bicyclic) bond motifs is 1. The molecule has 3 saturated heterocycles. The van der Waals surface area contributed by atoms with Crippen LogP contribution >= 0.6 is 0 Å². The molecule has 2 saturated carbocycles. The van der Waals surface area contributed by atoms with Crippen LogP contribution in [0.4, 0.5) is 0 Å². The highest BCUT2D eigenvalue weighted by Crippen LogP contribution is 2.48. The molecule has 8 heteroatoms. The van der Waals surface area contributed by atoms with Crippen molar-refractivity contribution in [3.05, 3.63) is 10.4 Å². The third-order valence-corrected chi connectivity index (χ3v) is 6.57. The highest BCUT2D eigenvalue weighted by molar-refractivity contribution is 5.03. The Balaban J connectivity index is 1.31. The van der Waals surface area contributed by atoms with Crippen LogP contribution in [0.1, 0.15) is 64.2 Å². The van der Waals surface area contributed by atoms with Gasteiger partial charge in [-0.05, 0) is 31.2 Å². The van der Waals surface area contributed by atoms with Crippen LogP contribution < -0.4 is 0 Å². The Bertz CT molecular complexity index is 583. The fourth-order valence-corrected chi connectivity index (χ4v) is 5.29. The molecule has 5 atom stereocenters. The number of ether oxygens (including phenoxy) is 5. The first-order valence-corrected chi connectivity index (χ1v) is 10.1. The van der Waals surface area contributed by atoms with Crippen molar-refractivity contribution in [2.24, 2.45) is 5.11 Å². The molecule has 0 radical (unpaired) electrons. The van der Waals surface area contributed by atoms with Crippen LogP contribution in [0.5, 0.6) is 0 Å². The minimum atomic E-state index is -0.556. The van der Waals surface area contributed by atoms with E-state index < -0.39 is 23.9 Å². The molecule has 2 spiro atoms. The standard InChI is InChI=1S/C18H27N3O5/c19-21-20-13-14(12-11-22-17(24-12)7-3-1-4-8-17)23-16-15(13)25-18(26-16)9-5-2-6-10-18/h12-16H,1-11H2/t12-,13-,14-,15-,16-/m1/s1. The number of rotatable bonds is 2. The molecule has 8 nitrogen and oxygen atoms in total. The van der Waals surface area contributed by atoms with E-state index in [9.17, 15) is 0 Å². The minimum Gasteiger partial charge on any atom is -0.347 e. The topological polar surface area (TPSA) is 94.9 Å². The van der Waals surface area contributed by atoms with Gasteiger partial charge in [-0.15, -0.1) is 0 Å².